The number of piperazine rings is 1. The normalized spacial score (nSPS) is 13.0. The molecule has 0 bridgehead atoms. The van der Waals surface area contributed by atoms with Gasteiger partial charge in [0.2, 0.25) is 0 Å². The molecular weight excluding hydrogens is 626 g/mol. The van der Waals surface area contributed by atoms with Crippen LogP contribution in [-0.2, 0) is 10.0 Å². The van der Waals surface area contributed by atoms with Gasteiger partial charge in [-0.15, -0.1) is 37.2 Å². The molecule has 2 heterocycles. The van der Waals surface area contributed by atoms with Crippen LogP contribution in [0.4, 0.5) is 21.6 Å². The first kappa shape index (κ1) is 34.9. The van der Waals surface area contributed by atoms with E-state index in [2.05, 4.69) is 46.6 Å². The van der Waals surface area contributed by atoms with Gasteiger partial charge >= 0.3 is 5.97 Å². The molecule has 8 nitrogen and oxygen atoms in total. The van der Waals surface area contributed by atoms with Crippen LogP contribution in [0.5, 0.6) is 0 Å². The van der Waals surface area contributed by atoms with Gasteiger partial charge in [0.15, 0.2) is 0 Å². The Bertz CT molecular complexity index is 1720. The predicted molar refractivity (Wildman–Crippen MR) is 173 cm³/mol. The second-order valence-corrected chi connectivity index (χ2v) is 11.5. The Kier molecular flexibility index (Phi) is 11.4. The summed E-state index contributed by atoms with van der Waals surface area (Å²) in [5, 5.41) is 10.3. The standard InChI is InChI=1S/C29H29FN4O4S.3ClH/c1-18-4-5-19(2)26(14-18)33-10-12-34(13-11-33)28-17-24(29(35)36)23-16-22(8-9-25(23)31-28)32-39(37,38)27-15-21(30)7-6-20(27)3;;;/h4-9,14-17,32H,10-13H2,1-3H3,(H,35,36);3*1H. The van der Waals surface area contributed by atoms with Gasteiger partial charge in [0.1, 0.15) is 11.6 Å². The zero-order chi connectivity index (χ0) is 27.9. The summed E-state index contributed by atoms with van der Waals surface area (Å²) in [6.07, 6.45) is 0. The maximum absolute atomic E-state index is 13.7. The van der Waals surface area contributed by atoms with Crippen molar-refractivity contribution < 1.29 is 22.7 Å². The van der Waals surface area contributed by atoms with E-state index in [1.807, 2.05) is 0 Å². The second kappa shape index (κ2) is 13.8. The van der Waals surface area contributed by atoms with Crippen LogP contribution in [0, 0.1) is 26.6 Å². The van der Waals surface area contributed by atoms with Gasteiger partial charge in [0.05, 0.1) is 16.0 Å². The van der Waals surface area contributed by atoms with Crippen LogP contribution in [0.1, 0.15) is 27.0 Å². The van der Waals surface area contributed by atoms with Gasteiger partial charge < -0.3 is 14.9 Å². The number of nitrogens with one attached hydrogen (secondary N) is 1. The molecule has 1 aliphatic heterocycles. The summed E-state index contributed by atoms with van der Waals surface area (Å²) < 4.78 is 42.0. The minimum absolute atomic E-state index is 0. The summed E-state index contributed by atoms with van der Waals surface area (Å²) in [7, 11) is -4.10. The number of carbonyl (C=O) groups is 1. The van der Waals surface area contributed by atoms with Gasteiger partial charge in [-0.1, -0.05) is 18.2 Å². The molecule has 1 fully saturated rings. The Balaban J connectivity index is 0.00000205. The number of hydrogen-bond acceptors (Lipinski definition) is 6. The Morgan fingerprint density at radius 2 is 1.50 bits per heavy atom. The molecule has 1 aromatic heterocycles. The highest BCUT2D eigenvalue weighted by molar-refractivity contribution is 7.92. The van der Waals surface area contributed by atoms with E-state index in [1.54, 1.807) is 13.0 Å². The molecule has 0 spiro atoms. The summed E-state index contributed by atoms with van der Waals surface area (Å²) in [5.74, 6) is -1.25. The topological polar surface area (TPSA) is 103 Å². The number of aromatic nitrogens is 1. The van der Waals surface area contributed by atoms with Gasteiger partial charge in [-0.3, -0.25) is 4.72 Å². The third-order valence-corrected chi connectivity index (χ3v) is 8.55. The van der Waals surface area contributed by atoms with Gasteiger partial charge in [0.25, 0.3) is 10.0 Å². The second-order valence-electron chi connectivity index (χ2n) is 9.84. The lowest BCUT2D eigenvalue weighted by molar-refractivity contribution is 0.0699. The largest absolute Gasteiger partial charge is 0.478 e. The van der Waals surface area contributed by atoms with Crippen LogP contribution in [0.2, 0.25) is 0 Å². The summed E-state index contributed by atoms with van der Waals surface area (Å²) in [6.45, 7) is 8.64. The number of carboxylic acid groups (broad SMARTS) is 1. The van der Waals surface area contributed by atoms with Gasteiger partial charge in [0, 0.05) is 42.9 Å². The number of aryl methyl sites for hydroxylation is 3. The fraction of sp³-hybridized carbons (Fsp3) is 0.241. The summed E-state index contributed by atoms with van der Waals surface area (Å²) in [6, 6.07) is 16.0. The minimum atomic E-state index is -4.10. The first-order chi connectivity index (χ1) is 18.5. The zero-order valence-electron chi connectivity index (χ0n) is 23.1. The minimum Gasteiger partial charge on any atom is -0.478 e. The average molecular weight is 658 g/mol. The van der Waals surface area contributed by atoms with Crippen molar-refractivity contribution in [2.75, 3.05) is 40.7 Å². The van der Waals surface area contributed by atoms with Crippen LogP contribution in [0.25, 0.3) is 10.9 Å². The van der Waals surface area contributed by atoms with E-state index in [4.69, 9.17) is 4.98 Å². The van der Waals surface area contributed by atoms with Crippen LogP contribution in [0.3, 0.4) is 0 Å². The Morgan fingerprint density at radius 3 is 2.17 bits per heavy atom. The van der Waals surface area contributed by atoms with Crippen LogP contribution in [-0.4, -0.2) is 50.7 Å². The van der Waals surface area contributed by atoms with Crippen molar-refractivity contribution >= 4 is 81.3 Å². The molecule has 3 aromatic carbocycles. The molecule has 1 aliphatic rings. The number of hydrogen-bond donors (Lipinski definition) is 2. The first-order valence-electron chi connectivity index (χ1n) is 12.6. The predicted octanol–water partition coefficient (Wildman–Crippen LogP) is 6.39. The van der Waals surface area contributed by atoms with Gasteiger partial charge in [-0.2, -0.15) is 0 Å². The number of rotatable bonds is 6. The third kappa shape index (κ3) is 7.18. The van der Waals surface area contributed by atoms with Crippen molar-refractivity contribution in [2.24, 2.45) is 0 Å². The molecule has 0 radical (unpaired) electrons. The fourth-order valence-corrected chi connectivity index (χ4v) is 6.23. The van der Waals surface area contributed by atoms with Crippen LogP contribution in [0.15, 0.2) is 65.6 Å². The number of aromatic carboxylic acids is 1. The zero-order valence-corrected chi connectivity index (χ0v) is 26.4. The number of pyridine rings is 1. The maximum Gasteiger partial charge on any atom is 0.336 e. The Labute approximate surface area is 263 Å². The molecule has 226 valence electrons. The highest BCUT2D eigenvalue weighted by Gasteiger charge is 2.23. The lowest BCUT2D eigenvalue weighted by Crippen LogP contribution is -2.47. The highest BCUT2D eigenvalue weighted by Crippen LogP contribution is 2.29. The van der Waals surface area contributed by atoms with E-state index >= 15 is 0 Å². The van der Waals surface area contributed by atoms with Crippen molar-refractivity contribution in [3.05, 3.63) is 88.7 Å². The van der Waals surface area contributed by atoms with Crippen molar-refractivity contribution in [3.63, 3.8) is 0 Å². The molecule has 0 unspecified atom stereocenters. The molecule has 2 N–H and O–H groups in total. The molecule has 42 heavy (non-hydrogen) atoms. The number of sulfonamides is 1. The molecule has 0 saturated carbocycles. The van der Waals surface area contributed by atoms with E-state index in [1.165, 1.54) is 47.1 Å². The van der Waals surface area contributed by atoms with Crippen molar-refractivity contribution in [1.82, 2.24) is 4.98 Å². The number of anilines is 3. The quantitative estimate of drug-likeness (QED) is 0.248. The van der Waals surface area contributed by atoms with E-state index in [0.29, 0.717) is 35.4 Å². The smallest absolute Gasteiger partial charge is 0.336 e. The number of nitrogens with zero attached hydrogens (tertiary/aromatic N) is 3. The number of carboxylic acids is 1. The summed E-state index contributed by atoms with van der Waals surface area (Å²) in [4.78, 5) is 21.1. The average Bonchev–Trinajstić information content (AvgIpc) is 2.90. The molecule has 13 heteroatoms. The number of fused-ring (bicyclic) bond motifs is 1. The molecule has 4 aromatic rings. The molecule has 0 amide bonds. The third-order valence-electron chi connectivity index (χ3n) is 7.03. The van der Waals surface area contributed by atoms with E-state index in [0.717, 1.165) is 19.2 Å². The molecule has 0 aliphatic carbocycles. The van der Waals surface area contributed by atoms with Crippen molar-refractivity contribution in [2.45, 2.75) is 25.7 Å². The van der Waals surface area contributed by atoms with Crippen molar-refractivity contribution in [1.29, 1.82) is 0 Å². The van der Waals surface area contributed by atoms with Crippen LogP contribution < -0.4 is 14.5 Å². The SMILES string of the molecule is Cc1ccc(C)c(N2CCN(c3cc(C(=O)O)c4cc(NS(=O)(=O)c5cc(F)ccc5C)ccc4n3)CC2)c1.Cl.Cl.Cl. The van der Waals surface area contributed by atoms with E-state index in [9.17, 15) is 22.7 Å². The van der Waals surface area contributed by atoms with E-state index < -0.39 is 21.8 Å². The van der Waals surface area contributed by atoms with Gasteiger partial charge in [-0.25, -0.2) is 22.6 Å². The molecular formula is C29H32Cl3FN4O4S. The molecule has 1 saturated heterocycles. The molecule has 0 atom stereocenters. The lowest BCUT2D eigenvalue weighted by atomic mass is 10.1. The highest BCUT2D eigenvalue weighted by atomic mass is 35.5. The van der Waals surface area contributed by atoms with Gasteiger partial charge in [-0.05, 0) is 79.9 Å². The number of benzene rings is 3. The van der Waals surface area contributed by atoms with E-state index in [-0.39, 0.29) is 53.4 Å². The monoisotopic (exact) mass is 656 g/mol. The lowest BCUT2D eigenvalue weighted by Gasteiger charge is -2.37. The first-order valence-corrected chi connectivity index (χ1v) is 14.0. The van der Waals surface area contributed by atoms with Crippen LogP contribution >= 0.6 is 37.2 Å². The Hall–Kier alpha value is -3.31. The fourth-order valence-electron chi connectivity index (χ4n) is 4.92. The molecule has 5 rings (SSSR count). The van der Waals surface area contributed by atoms with Crippen molar-refractivity contribution in [3.8, 4) is 0 Å². The number of halogens is 4. The summed E-state index contributed by atoms with van der Waals surface area (Å²) in [5.41, 5.74) is 4.63. The summed E-state index contributed by atoms with van der Waals surface area (Å²) >= 11 is 0. The maximum atomic E-state index is 13.7. The Morgan fingerprint density at radius 1 is 0.857 bits per heavy atom.